The van der Waals surface area contributed by atoms with Crippen LogP contribution < -0.4 is 0 Å². The molecule has 0 radical (unpaired) electrons. The van der Waals surface area contributed by atoms with Crippen LogP contribution in [0.1, 0.15) is 40.5 Å². The first-order valence-corrected chi connectivity index (χ1v) is 5.78. The lowest BCUT2D eigenvalue weighted by Gasteiger charge is -2.39. The molecular formula is C12H25NO. The van der Waals surface area contributed by atoms with Crippen molar-refractivity contribution < 1.29 is 4.74 Å². The molecule has 1 rings (SSSR count). The SMILES string of the molecule is CCC1CN(C)CCC1OC(C)(C)C. The minimum absolute atomic E-state index is 0.00793. The van der Waals surface area contributed by atoms with Gasteiger partial charge < -0.3 is 9.64 Å². The molecule has 0 amide bonds. The predicted octanol–water partition coefficient (Wildman–Crippen LogP) is 2.53. The van der Waals surface area contributed by atoms with E-state index in [1.807, 2.05) is 0 Å². The maximum Gasteiger partial charge on any atom is 0.0634 e. The molecule has 1 fully saturated rings. The Morgan fingerprint density at radius 3 is 2.50 bits per heavy atom. The number of piperidine rings is 1. The molecule has 0 spiro atoms. The van der Waals surface area contributed by atoms with Crippen molar-refractivity contribution >= 4 is 0 Å². The van der Waals surface area contributed by atoms with E-state index < -0.39 is 0 Å². The van der Waals surface area contributed by atoms with E-state index in [-0.39, 0.29) is 5.60 Å². The highest BCUT2D eigenvalue weighted by Crippen LogP contribution is 2.26. The van der Waals surface area contributed by atoms with Crippen molar-refractivity contribution in [3.63, 3.8) is 0 Å². The van der Waals surface area contributed by atoms with E-state index in [0.29, 0.717) is 12.0 Å². The zero-order chi connectivity index (χ0) is 10.8. The summed E-state index contributed by atoms with van der Waals surface area (Å²) in [6.45, 7) is 11.1. The van der Waals surface area contributed by atoms with Crippen LogP contribution in [-0.2, 0) is 4.74 Å². The summed E-state index contributed by atoms with van der Waals surface area (Å²) in [6.07, 6.45) is 2.88. The van der Waals surface area contributed by atoms with Crippen LogP contribution in [0.4, 0.5) is 0 Å². The molecule has 0 aromatic heterocycles. The first-order chi connectivity index (χ1) is 6.42. The minimum Gasteiger partial charge on any atom is -0.372 e. The summed E-state index contributed by atoms with van der Waals surface area (Å²) in [5.74, 6) is 0.716. The molecule has 0 aromatic carbocycles. The Kier molecular flexibility index (Phi) is 3.96. The summed E-state index contributed by atoms with van der Waals surface area (Å²) in [7, 11) is 2.20. The third-order valence-corrected chi connectivity index (χ3v) is 2.90. The maximum absolute atomic E-state index is 6.10. The molecule has 0 aromatic rings. The average Bonchev–Trinajstić information content (AvgIpc) is 2.06. The molecule has 0 bridgehead atoms. The van der Waals surface area contributed by atoms with Crippen molar-refractivity contribution in [3.05, 3.63) is 0 Å². The number of nitrogens with zero attached hydrogens (tertiary/aromatic N) is 1. The van der Waals surface area contributed by atoms with Gasteiger partial charge in [0.05, 0.1) is 11.7 Å². The summed E-state index contributed by atoms with van der Waals surface area (Å²) in [5, 5.41) is 0. The average molecular weight is 199 g/mol. The van der Waals surface area contributed by atoms with Crippen molar-refractivity contribution in [1.29, 1.82) is 0 Å². The second-order valence-corrected chi connectivity index (χ2v) is 5.49. The summed E-state index contributed by atoms with van der Waals surface area (Å²) in [6, 6.07) is 0. The molecule has 1 aliphatic rings. The van der Waals surface area contributed by atoms with Crippen LogP contribution in [0.25, 0.3) is 0 Å². The third kappa shape index (κ3) is 3.58. The zero-order valence-electron chi connectivity index (χ0n) is 10.3. The molecule has 2 unspecified atom stereocenters. The maximum atomic E-state index is 6.10. The lowest BCUT2D eigenvalue weighted by molar-refractivity contribution is -0.107. The summed E-state index contributed by atoms with van der Waals surface area (Å²) >= 11 is 0. The smallest absolute Gasteiger partial charge is 0.0634 e. The molecular weight excluding hydrogens is 174 g/mol. The van der Waals surface area contributed by atoms with E-state index >= 15 is 0 Å². The van der Waals surface area contributed by atoms with Gasteiger partial charge in [-0.15, -0.1) is 0 Å². The normalized spacial score (nSPS) is 30.6. The number of rotatable bonds is 2. The van der Waals surface area contributed by atoms with Crippen LogP contribution >= 0.6 is 0 Å². The van der Waals surface area contributed by atoms with Crippen molar-refractivity contribution in [2.75, 3.05) is 20.1 Å². The molecule has 1 saturated heterocycles. The summed E-state index contributed by atoms with van der Waals surface area (Å²) in [5.41, 5.74) is 0.00793. The Bertz CT molecular complexity index is 174. The van der Waals surface area contributed by atoms with Gasteiger partial charge in [-0.3, -0.25) is 0 Å². The monoisotopic (exact) mass is 199 g/mol. The first-order valence-electron chi connectivity index (χ1n) is 5.78. The van der Waals surface area contributed by atoms with Crippen molar-refractivity contribution in [1.82, 2.24) is 4.90 Å². The fraction of sp³-hybridized carbons (Fsp3) is 1.00. The fourth-order valence-corrected chi connectivity index (χ4v) is 2.19. The van der Waals surface area contributed by atoms with Crippen LogP contribution in [0.2, 0.25) is 0 Å². The van der Waals surface area contributed by atoms with Gasteiger partial charge >= 0.3 is 0 Å². The van der Waals surface area contributed by atoms with Crippen LogP contribution in [0.5, 0.6) is 0 Å². The minimum atomic E-state index is 0.00793. The predicted molar refractivity (Wildman–Crippen MR) is 60.5 cm³/mol. The van der Waals surface area contributed by atoms with Crippen LogP contribution in [0.3, 0.4) is 0 Å². The lowest BCUT2D eigenvalue weighted by Crippen LogP contribution is -2.44. The number of ether oxygens (including phenoxy) is 1. The Morgan fingerprint density at radius 1 is 1.36 bits per heavy atom. The van der Waals surface area contributed by atoms with E-state index in [2.05, 4.69) is 39.6 Å². The van der Waals surface area contributed by atoms with Gasteiger partial charge in [0.15, 0.2) is 0 Å². The molecule has 14 heavy (non-hydrogen) atoms. The van der Waals surface area contributed by atoms with E-state index in [4.69, 9.17) is 4.74 Å². The van der Waals surface area contributed by atoms with Gasteiger partial charge in [0.2, 0.25) is 0 Å². The fourth-order valence-electron chi connectivity index (χ4n) is 2.19. The standard InChI is InChI=1S/C12H25NO/c1-6-10-9-13(5)8-7-11(10)14-12(2,3)4/h10-11H,6-9H2,1-5H3. The third-order valence-electron chi connectivity index (χ3n) is 2.90. The molecule has 2 heteroatoms. The van der Waals surface area contributed by atoms with Gasteiger partial charge in [0.25, 0.3) is 0 Å². The molecule has 1 heterocycles. The molecule has 2 atom stereocenters. The highest BCUT2D eigenvalue weighted by atomic mass is 16.5. The highest BCUT2D eigenvalue weighted by molar-refractivity contribution is 4.80. The second-order valence-electron chi connectivity index (χ2n) is 5.49. The quantitative estimate of drug-likeness (QED) is 0.677. The van der Waals surface area contributed by atoms with E-state index in [1.54, 1.807) is 0 Å². The van der Waals surface area contributed by atoms with Gasteiger partial charge in [0.1, 0.15) is 0 Å². The van der Waals surface area contributed by atoms with E-state index in [1.165, 1.54) is 25.9 Å². The summed E-state index contributed by atoms with van der Waals surface area (Å²) < 4.78 is 6.10. The number of likely N-dealkylation sites (tertiary alicyclic amines) is 1. The Labute approximate surface area is 88.6 Å². The van der Waals surface area contributed by atoms with Crippen LogP contribution in [0, 0.1) is 5.92 Å². The van der Waals surface area contributed by atoms with Gasteiger partial charge in [-0.1, -0.05) is 6.92 Å². The first kappa shape index (κ1) is 12.0. The topological polar surface area (TPSA) is 12.5 Å². The number of hydrogen-bond donors (Lipinski definition) is 0. The van der Waals surface area contributed by atoms with Crippen molar-refractivity contribution in [3.8, 4) is 0 Å². The lowest BCUT2D eigenvalue weighted by atomic mass is 9.92. The molecule has 1 aliphatic heterocycles. The van der Waals surface area contributed by atoms with Gasteiger partial charge in [-0.25, -0.2) is 0 Å². The molecule has 0 N–H and O–H groups in total. The molecule has 0 aliphatic carbocycles. The zero-order valence-corrected chi connectivity index (χ0v) is 10.3. The largest absolute Gasteiger partial charge is 0.372 e. The molecule has 84 valence electrons. The van der Waals surface area contributed by atoms with Crippen LogP contribution in [0.15, 0.2) is 0 Å². The highest BCUT2D eigenvalue weighted by Gasteiger charge is 2.30. The Hall–Kier alpha value is -0.0800. The Morgan fingerprint density at radius 2 is 2.00 bits per heavy atom. The molecule has 2 nitrogen and oxygen atoms in total. The second kappa shape index (κ2) is 4.63. The van der Waals surface area contributed by atoms with Crippen molar-refractivity contribution in [2.24, 2.45) is 5.92 Å². The Balaban J connectivity index is 2.50. The number of hydrogen-bond acceptors (Lipinski definition) is 2. The van der Waals surface area contributed by atoms with E-state index in [0.717, 1.165) is 0 Å². The molecule has 0 saturated carbocycles. The van der Waals surface area contributed by atoms with Gasteiger partial charge in [-0.2, -0.15) is 0 Å². The van der Waals surface area contributed by atoms with Crippen molar-refractivity contribution in [2.45, 2.75) is 52.2 Å². The van der Waals surface area contributed by atoms with Crippen LogP contribution in [-0.4, -0.2) is 36.7 Å². The van der Waals surface area contributed by atoms with Gasteiger partial charge in [-0.05, 0) is 46.6 Å². The summed E-state index contributed by atoms with van der Waals surface area (Å²) in [4.78, 5) is 2.41. The van der Waals surface area contributed by atoms with E-state index in [9.17, 15) is 0 Å². The van der Waals surface area contributed by atoms with Gasteiger partial charge in [0, 0.05) is 13.1 Å².